The lowest BCUT2D eigenvalue weighted by molar-refractivity contribution is -0.116. The van der Waals surface area contributed by atoms with Crippen molar-refractivity contribution >= 4 is 34.8 Å². The van der Waals surface area contributed by atoms with E-state index in [4.69, 9.17) is 27.7 Å². The van der Waals surface area contributed by atoms with Gasteiger partial charge in [-0.2, -0.15) is 4.98 Å². The van der Waals surface area contributed by atoms with Crippen LogP contribution in [0.2, 0.25) is 10.0 Å². The number of aryl methyl sites for hydroxylation is 1. The summed E-state index contributed by atoms with van der Waals surface area (Å²) in [6.45, 7) is 0. The number of benzene rings is 3. The fourth-order valence-electron chi connectivity index (χ4n) is 2.95. The molecule has 0 atom stereocenters. The van der Waals surface area contributed by atoms with Gasteiger partial charge in [0, 0.05) is 18.4 Å². The summed E-state index contributed by atoms with van der Waals surface area (Å²) in [6.07, 6.45) is 0.497. The van der Waals surface area contributed by atoms with Gasteiger partial charge < -0.3 is 9.84 Å². The molecule has 0 unspecified atom stereocenters. The molecule has 0 fully saturated rings. The lowest BCUT2D eigenvalue weighted by atomic mass is 10.0. The number of hydrogen-bond donors (Lipinski definition) is 1. The second-order valence-electron chi connectivity index (χ2n) is 6.60. The number of nitrogens with one attached hydrogen (secondary N) is 1. The van der Waals surface area contributed by atoms with Gasteiger partial charge in [0.2, 0.25) is 17.6 Å². The van der Waals surface area contributed by atoms with Crippen molar-refractivity contribution in [3.05, 3.63) is 88.7 Å². The average molecular weight is 438 g/mol. The van der Waals surface area contributed by atoms with Gasteiger partial charge in [-0.1, -0.05) is 89.0 Å². The number of nitrogens with zero attached hydrogens (tertiary/aromatic N) is 2. The van der Waals surface area contributed by atoms with E-state index >= 15 is 0 Å². The normalized spacial score (nSPS) is 10.7. The molecular formula is C23H17Cl2N3O2. The fourth-order valence-corrected chi connectivity index (χ4v) is 3.30. The summed E-state index contributed by atoms with van der Waals surface area (Å²) in [7, 11) is 0. The van der Waals surface area contributed by atoms with Crippen LogP contribution in [0.5, 0.6) is 0 Å². The maximum absolute atomic E-state index is 12.2. The number of carbonyl (C=O) groups is 1. The Balaban J connectivity index is 1.37. The Hall–Kier alpha value is -3.15. The van der Waals surface area contributed by atoms with Gasteiger partial charge in [-0.3, -0.25) is 4.79 Å². The first kappa shape index (κ1) is 20.1. The van der Waals surface area contributed by atoms with Gasteiger partial charge in [-0.25, -0.2) is 0 Å². The van der Waals surface area contributed by atoms with Crippen LogP contribution in [0.15, 0.2) is 77.3 Å². The SMILES string of the molecule is O=C(CCc1nc(-c2ccc(-c3ccccc3)cc2)no1)Nc1cccc(Cl)c1Cl. The molecule has 30 heavy (non-hydrogen) atoms. The summed E-state index contributed by atoms with van der Waals surface area (Å²) < 4.78 is 5.29. The van der Waals surface area contributed by atoms with E-state index in [2.05, 4.69) is 27.6 Å². The van der Waals surface area contributed by atoms with Gasteiger partial charge in [0.15, 0.2) is 0 Å². The zero-order valence-corrected chi connectivity index (χ0v) is 17.3. The van der Waals surface area contributed by atoms with E-state index in [1.807, 2.05) is 42.5 Å². The van der Waals surface area contributed by atoms with Crippen molar-refractivity contribution in [3.63, 3.8) is 0 Å². The molecule has 1 aromatic heterocycles. The highest BCUT2D eigenvalue weighted by Crippen LogP contribution is 2.29. The Bertz CT molecular complexity index is 1160. The quantitative estimate of drug-likeness (QED) is 0.385. The molecule has 3 aromatic carbocycles. The fraction of sp³-hybridized carbons (Fsp3) is 0.0870. The maximum atomic E-state index is 12.2. The zero-order chi connectivity index (χ0) is 20.9. The minimum Gasteiger partial charge on any atom is -0.339 e. The molecule has 0 saturated carbocycles. The van der Waals surface area contributed by atoms with Crippen molar-refractivity contribution in [1.82, 2.24) is 10.1 Å². The average Bonchev–Trinajstić information content (AvgIpc) is 3.25. The summed E-state index contributed by atoms with van der Waals surface area (Å²) in [4.78, 5) is 16.6. The van der Waals surface area contributed by atoms with Crippen LogP contribution in [0, 0.1) is 0 Å². The minimum atomic E-state index is -0.217. The Kier molecular flexibility index (Phi) is 6.12. The molecule has 4 rings (SSSR count). The second kappa shape index (κ2) is 9.11. The predicted octanol–water partition coefficient (Wildman–Crippen LogP) is 6.28. The van der Waals surface area contributed by atoms with E-state index in [1.165, 1.54) is 0 Å². The largest absolute Gasteiger partial charge is 0.339 e. The highest BCUT2D eigenvalue weighted by atomic mass is 35.5. The van der Waals surface area contributed by atoms with E-state index in [0.29, 0.717) is 33.9 Å². The van der Waals surface area contributed by atoms with Crippen LogP contribution in [0.25, 0.3) is 22.5 Å². The Labute approximate surface area is 183 Å². The van der Waals surface area contributed by atoms with E-state index < -0.39 is 0 Å². The lowest BCUT2D eigenvalue weighted by Gasteiger charge is -2.07. The van der Waals surface area contributed by atoms with Crippen LogP contribution in [0.3, 0.4) is 0 Å². The molecule has 1 amide bonds. The molecule has 7 heteroatoms. The molecule has 150 valence electrons. The van der Waals surface area contributed by atoms with E-state index in [-0.39, 0.29) is 12.3 Å². The van der Waals surface area contributed by atoms with Crippen LogP contribution < -0.4 is 5.32 Å². The molecule has 0 bridgehead atoms. The first-order valence-corrected chi connectivity index (χ1v) is 10.1. The molecule has 0 saturated heterocycles. The van der Waals surface area contributed by atoms with Crippen molar-refractivity contribution in [2.75, 3.05) is 5.32 Å². The first-order valence-electron chi connectivity index (χ1n) is 9.32. The summed E-state index contributed by atoms with van der Waals surface area (Å²) in [5.41, 5.74) is 3.57. The number of rotatable bonds is 6. The topological polar surface area (TPSA) is 68.0 Å². The van der Waals surface area contributed by atoms with Crippen molar-refractivity contribution in [3.8, 4) is 22.5 Å². The molecular weight excluding hydrogens is 421 g/mol. The van der Waals surface area contributed by atoms with E-state index in [9.17, 15) is 4.79 Å². The third-order valence-electron chi connectivity index (χ3n) is 4.51. The van der Waals surface area contributed by atoms with Crippen molar-refractivity contribution in [1.29, 1.82) is 0 Å². The number of amides is 1. The summed E-state index contributed by atoms with van der Waals surface area (Å²) >= 11 is 12.0. The summed E-state index contributed by atoms with van der Waals surface area (Å²) in [5.74, 6) is 0.665. The summed E-state index contributed by atoms with van der Waals surface area (Å²) in [5, 5.41) is 7.45. The number of halogens is 2. The number of carbonyl (C=O) groups excluding carboxylic acids is 1. The molecule has 0 aliphatic carbocycles. The standard InChI is InChI=1S/C23H17Cl2N3O2/c24-18-7-4-8-19(22(18)25)26-20(29)13-14-21-27-23(28-30-21)17-11-9-16(10-12-17)15-5-2-1-3-6-15/h1-12H,13-14H2,(H,26,29). The Morgan fingerprint density at radius 1 is 0.867 bits per heavy atom. The van der Waals surface area contributed by atoms with Gasteiger partial charge in [-0.05, 0) is 23.3 Å². The van der Waals surface area contributed by atoms with Gasteiger partial charge in [-0.15, -0.1) is 0 Å². The molecule has 0 aliphatic heterocycles. The molecule has 1 heterocycles. The molecule has 0 spiro atoms. The molecule has 0 radical (unpaired) electrons. The van der Waals surface area contributed by atoms with Crippen LogP contribution in [0.4, 0.5) is 5.69 Å². The number of anilines is 1. The zero-order valence-electron chi connectivity index (χ0n) is 15.8. The smallest absolute Gasteiger partial charge is 0.227 e. The number of hydrogen-bond acceptors (Lipinski definition) is 4. The minimum absolute atomic E-state index is 0.178. The maximum Gasteiger partial charge on any atom is 0.227 e. The van der Waals surface area contributed by atoms with Crippen molar-refractivity contribution < 1.29 is 9.32 Å². The van der Waals surface area contributed by atoms with Gasteiger partial charge >= 0.3 is 0 Å². The van der Waals surface area contributed by atoms with Gasteiger partial charge in [0.05, 0.1) is 15.7 Å². The Morgan fingerprint density at radius 3 is 2.33 bits per heavy atom. The van der Waals surface area contributed by atoms with Crippen LogP contribution >= 0.6 is 23.2 Å². The third-order valence-corrected chi connectivity index (χ3v) is 5.33. The van der Waals surface area contributed by atoms with Gasteiger partial charge in [0.25, 0.3) is 0 Å². The third kappa shape index (κ3) is 4.70. The lowest BCUT2D eigenvalue weighted by Crippen LogP contribution is -2.12. The molecule has 0 aliphatic rings. The van der Waals surface area contributed by atoms with Crippen LogP contribution in [-0.2, 0) is 11.2 Å². The predicted molar refractivity (Wildman–Crippen MR) is 119 cm³/mol. The molecule has 1 N–H and O–H groups in total. The van der Waals surface area contributed by atoms with Crippen LogP contribution in [-0.4, -0.2) is 16.0 Å². The summed E-state index contributed by atoms with van der Waals surface area (Å²) in [6, 6.07) is 23.1. The highest BCUT2D eigenvalue weighted by Gasteiger charge is 2.13. The first-order chi connectivity index (χ1) is 14.6. The van der Waals surface area contributed by atoms with E-state index in [0.717, 1.165) is 16.7 Å². The van der Waals surface area contributed by atoms with Gasteiger partial charge in [0.1, 0.15) is 0 Å². The monoisotopic (exact) mass is 437 g/mol. The van der Waals surface area contributed by atoms with E-state index in [1.54, 1.807) is 18.2 Å². The highest BCUT2D eigenvalue weighted by molar-refractivity contribution is 6.43. The Morgan fingerprint density at radius 2 is 1.57 bits per heavy atom. The van der Waals surface area contributed by atoms with Crippen molar-refractivity contribution in [2.45, 2.75) is 12.8 Å². The second-order valence-corrected chi connectivity index (χ2v) is 7.39. The molecule has 4 aromatic rings. The number of aromatic nitrogens is 2. The van der Waals surface area contributed by atoms with Crippen molar-refractivity contribution in [2.24, 2.45) is 0 Å². The van der Waals surface area contributed by atoms with Crippen LogP contribution in [0.1, 0.15) is 12.3 Å². The molecule has 5 nitrogen and oxygen atoms in total.